The lowest BCUT2D eigenvalue weighted by atomic mass is 10.00. The highest BCUT2D eigenvalue weighted by Crippen LogP contribution is 2.32. The van der Waals surface area contributed by atoms with Crippen LogP contribution in [0.5, 0.6) is 0 Å². The van der Waals surface area contributed by atoms with Crippen LogP contribution in [0.3, 0.4) is 0 Å². The molecular weight excluding hydrogens is 292 g/mol. The minimum atomic E-state index is -0.343. The van der Waals surface area contributed by atoms with E-state index in [9.17, 15) is 9.90 Å². The third-order valence-corrected chi connectivity index (χ3v) is 4.22. The van der Waals surface area contributed by atoms with E-state index in [0.29, 0.717) is 18.6 Å². The lowest BCUT2D eigenvalue weighted by Crippen LogP contribution is -2.09. The van der Waals surface area contributed by atoms with Gasteiger partial charge in [0.2, 0.25) is 0 Å². The van der Waals surface area contributed by atoms with Crippen molar-refractivity contribution < 1.29 is 14.6 Å². The number of nitrogens with one attached hydrogen (secondary N) is 2. The van der Waals surface area contributed by atoms with E-state index in [1.807, 2.05) is 13.1 Å². The van der Waals surface area contributed by atoms with Crippen LogP contribution in [0.4, 0.5) is 0 Å². The fourth-order valence-corrected chi connectivity index (χ4v) is 3.14. The summed E-state index contributed by atoms with van der Waals surface area (Å²) in [6.45, 7) is 8.27. The molecule has 5 nitrogen and oxygen atoms in total. The maximum absolute atomic E-state index is 12.5. The minimum absolute atomic E-state index is 0.00386. The average Bonchev–Trinajstić information content (AvgIpc) is 3.08. The highest BCUT2D eigenvalue weighted by Gasteiger charge is 2.25. The molecule has 2 aromatic heterocycles. The Morgan fingerprint density at radius 1 is 1.17 bits per heavy atom. The first-order chi connectivity index (χ1) is 11.1. The lowest BCUT2D eigenvalue weighted by Gasteiger charge is -2.08. The molecule has 23 heavy (non-hydrogen) atoms. The number of aliphatic hydroxyl groups excluding tert-OH is 1. The molecule has 2 heterocycles. The molecule has 0 saturated carbocycles. The van der Waals surface area contributed by atoms with Crippen LogP contribution in [0.2, 0.25) is 0 Å². The molecule has 0 aliphatic carbocycles. The summed E-state index contributed by atoms with van der Waals surface area (Å²) < 4.78 is 5.24. The predicted octanol–water partition coefficient (Wildman–Crippen LogP) is 3.15. The molecular formula is C18H26N2O3. The molecule has 0 aliphatic heterocycles. The third-order valence-electron chi connectivity index (χ3n) is 4.22. The number of hydrogen-bond acceptors (Lipinski definition) is 3. The van der Waals surface area contributed by atoms with E-state index in [1.165, 1.54) is 11.1 Å². The number of aromatic nitrogens is 2. The number of carbonyl (C=O) groups excluding carboxylic acids is 1. The van der Waals surface area contributed by atoms with Crippen LogP contribution >= 0.6 is 0 Å². The van der Waals surface area contributed by atoms with Crippen molar-refractivity contribution >= 4 is 5.97 Å². The molecule has 5 heteroatoms. The van der Waals surface area contributed by atoms with Crippen molar-refractivity contribution in [2.45, 2.75) is 47.0 Å². The van der Waals surface area contributed by atoms with Gasteiger partial charge in [0.25, 0.3) is 0 Å². The van der Waals surface area contributed by atoms with E-state index in [4.69, 9.17) is 4.74 Å². The van der Waals surface area contributed by atoms with Gasteiger partial charge in [0, 0.05) is 18.5 Å². The first kappa shape index (κ1) is 17.3. The van der Waals surface area contributed by atoms with E-state index in [1.54, 1.807) is 6.92 Å². The van der Waals surface area contributed by atoms with E-state index in [0.717, 1.165) is 35.5 Å². The Balaban J connectivity index is 2.64. The summed E-state index contributed by atoms with van der Waals surface area (Å²) in [5.41, 5.74) is 6.45. The SMILES string of the molecule is CCOC(=O)c1c(-c2[nH]cc(CC)c2CC)[nH]c(C)c1CCO. The van der Waals surface area contributed by atoms with Crippen LogP contribution in [-0.4, -0.2) is 34.3 Å². The summed E-state index contributed by atoms with van der Waals surface area (Å²) in [5.74, 6) is -0.343. The Bertz CT molecular complexity index is 683. The number of aryl methyl sites for hydroxylation is 2. The average molecular weight is 318 g/mol. The number of rotatable bonds is 7. The summed E-state index contributed by atoms with van der Waals surface area (Å²) >= 11 is 0. The molecule has 126 valence electrons. The highest BCUT2D eigenvalue weighted by atomic mass is 16.5. The van der Waals surface area contributed by atoms with Crippen LogP contribution < -0.4 is 0 Å². The van der Waals surface area contributed by atoms with Gasteiger partial charge in [-0.15, -0.1) is 0 Å². The van der Waals surface area contributed by atoms with E-state index in [2.05, 4.69) is 23.8 Å². The molecule has 0 fully saturated rings. The Labute approximate surface area is 137 Å². The number of aliphatic hydroxyl groups is 1. The van der Waals surface area contributed by atoms with Crippen molar-refractivity contribution in [2.24, 2.45) is 0 Å². The second kappa shape index (κ2) is 7.51. The second-order valence-corrected chi connectivity index (χ2v) is 5.55. The van der Waals surface area contributed by atoms with Crippen molar-refractivity contribution in [2.75, 3.05) is 13.2 Å². The molecule has 3 N–H and O–H groups in total. The van der Waals surface area contributed by atoms with Crippen LogP contribution in [-0.2, 0) is 24.0 Å². The van der Waals surface area contributed by atoms with Crippen molar-refractivity contribution in [3.05, 3.63) is 34.1 Å². The molecule has 0 unspecified atom stereocenters. The van der Waals surface area contributed by atoms with Crippen molar-refractivity contribution in [3.8, 4) is 11.4 Å². The molecule has 0 saturated heterocycles. The topological polar surface area (TPSA) is 78.1 Å². The zero-order valence-corrected chi connectivity index (χ0v) is 14.4. The monoisotopic (exact) mass is 318 g/mol. The van der Waals surface area contributed by atoms with Gasteiger partial charge in [-0.1, -0.05) is 13.8 Å². The summed E-state index contributed by atoms with van der Waals surface area (Å²) in [7, 11) is 0. The van der Waals surface area contributed by atoms with Crippen LogP contribution in [0, 0.1) is 6.92 Å². The normalized spacial score (nSPS) is 11.0. The maximum Gasteiger partial charge on any atom is 0.340 e. The molecule has 0 spiro atoms. The quantitative estimate of drug-likeness (QED) is 0.686. The summed E-state index contributed by atoms with van der Waals surface area (Å²) in [5, 5.41) is 9.33. The Kier molecular flexibility index (Phi) is 5.66. The molecule has 0 radical (unpaired) electrons. The standard InChI is InChI=1S/C18H26N2O3/c1-5-12-10-19-16(13(12)6-2)17-15(18(22)23-7-3)14(8-9-21)11(4)20-17/h10,19-21H,5-9H2,1-4H3. The Hall–Kier alpha value is -2.01. The molecule has 0 bridgehead atoms. The summed E-state index contributed by atoms with van der Waals surface area (Å²) in [6, 6.07) is 0. The smallest absolute Gasteiger partial charge is 0.340 e. The van der Waals surface area contributed by atoms with Gasteiger partial charge in [-0.3, -0.25) is 0 Å². The number of aromatic amines is 2. The Morgan fingerprint density at radius 2 is 1.91 bits per heavy atom. The number of esters is 1. The second-order valence-electron chi connectivity index (χ2n) is 5.55. The van der Waals surface area contributed by atoms with Crippen molar-refractivity contribution in [1.82, 2.24) is 9.97 Å². The van der Waals surface area contributed by atoms with Gasteiger partial charge in [-0.05, 0) is 49.8 Å². The molecule has 0 aromatic carbocycles. The van der Waals surface area contributed by atoms with Gasteiger partial charge in [0.05, 0.1) is 23.6 Å². The van der Waals surface area contributed by atoms with E-state index < -0.39 is 0 Å². The largest absolute Gasteiger partial charge is 0.462 e. The zero-order chi connectivity index (χ0) is 17.0. The van der Waals surface area contributed by atoms with Crippen molar-refractivity contribution in [1.29, 1.82) is 0 Å². The van der Waals surface area contributed by atoms with E-state index >= 15 is 0 Å². The van der Waals surface area contributed by atoms with Gasteiger partial charge < -0.3 is 19.8 Å². The highest BCUT2D eigenvalue weighted by molar-refractivity contribution is 5.98. The number of ether oxygens (including phenoxy) is 1. The number of hydrogen-bond donors (Lipinski definition) is 3. The fraction of sp³-hybridized carbons (Fsp3) is 0.500. The zero-order valence-electron chi connectivity index (χ0n) is 14.4. The minimum Gasteiger partial charge on any atom is -0.462 e. The van der Waals surface area contributed by atoms with Crippen LogP contribution in [0.25, 0.3) is 11.4 Å². The number of carbonyl (C=O) groups is 1. The van der Waals surface area contributed by atoms with Crippen LogP contribution in [0.1, 0.15) is 53.5 Å². The van der Waals surface area contributed by atoms with Gasteiger partial charge in [-0.25, -0.2) is 4.79 Å². The maximum atomic E-state index is 12.5. The fourth-order valence-electron chi connectivity index (χ4n) is 3.14. The molecule has 2 rings (SSSR count). The number of H-pyrrole nitrogens is 2. The van der Waals surface area contributed by atoms with Gasteiger partial charge in [0.15, 0.2) is 0 Å². The summed E-state index contributed by atoms with van der Waals surface area (Å²) in [6.07, 6.45) is 4.26. The first-order valence-corrected chi connectivity index (χ1v) is 8.27. The van der Waals surface area contributed by atoms with Crippen LogP contribution in [0.15, 0.2) is 6.20 Å². The summed E-state index contributed by atoms with van der Waals surface area (Å²) in [4.78, 5) is 19.1. The lowest BCUT2D eigenvalue weighted by molar-refractivity contribution is 0.0526. The molecule has 0 atom stereocenters. The molecule has 2 aromatic rings. The van der Waals surface area contributed by atoms with Gasteiger partial charge in [0.1, 0.15) is 0 Å². The van der Waals surface area contributed by atoms with Gasteiger partial charge >= 0.3 is 5.97 Å². The molecule has 0 amide bonds. The van der Waals surface area contributed by atoms with Crippen molar-refractivity contribution in [3.63, 3.8) is 0 Å². The molecule has 0 aliphatic rings. The predicted molar refractivity (Wildman–Crippen MR) is 90.8 cm³/mol. The van der Waals surface area contributed by atoms with Gasteiger partial charge in [-0.2, -0.15) is 0 Å². The third kappa shape index (κ3) is 3.20. The Morgan fingerprint density at radius 3 is 2.48 bits per heavy atom. The van der Waals surface area contributed by atoms with E-state index in [-0.39, 0.29) is 12.6 Å². The first-order valence-electron chi connectivity index (χ1n) is 8.27.